The van der Waals surface area contributed by atoms with Gasteiger partial charge in [0.1, 0.15) is 12.4 Å². The van der Waals surface area contributed by atoms with Crippen molar-refractivity contribution < 1.29 is 9.66 Å². The van der Waals surface area contributed by atoms with E-state index >= 15 is 0 Å². The van der Waals surface area contributed by atoms with Gasteiger partial charge in [0.25, 0.3) is 0 Å². The van der Waals surface area contributed by atoms with E-state index in [1.165, 1.54) is 12.8 Å². The lowest BCUT2D eigenvalue weighted by Gasteiger charge is -2.29. The molecule has 104 valence electrons. The zero-order valence-electron chi connectivity index (χ0n) is 10.7. The van der Waals surface area contributed by atoms with Crippen LogP contribution in [0.3, 0.4) is 0 Å². The smallest absolute Gasteiger partial charge is 0.316 e. The van der Waals surface area contributed by atoms with Gasteiger partial charge in [0, 0.05) is 0 Å². The number of nitro groups is 1. The van der Waals surface area contributed by atoms with Crippen LogP contribution in [0.15, 0.2) is 12.4 Å². The lowest BCUT2D eigenvalue weighted by Crippen LogP contribution is -2.31. The average Bonchev–Trinajstić information content (AvgIpc) is 2.45. The molecular formula is C12H18N4O3. The van der Waals surface area contributed by atoms with E-state index in [-0.39, 0.29) is 11.7 Å². The second kappa shape index (κ2) is 6.42. The molecule has 1 aromatic rings. The molecule has 0 radical (unpaired) electrons. The Hall–Kier alpha value is -1.76. The molecular weight excluding hydrogens is 248 g/mol. The highest BCUT2D eigenvalue weighted by Crippen LogP contribution is 2.29. The zero-order chi connectivity index (χ0) is 13.7. The number of nitrogens with two attached hydrogens (primary N) is 1. The number of ether oxygens (including phenoxy) is 1. The normalized spacial score (nSPS) is 23.0. The Balaban J connectivity index is 1.88. The van der Waals surface area contributed by atoms with Crippen molar-refractivity contribution in [3.63, 3.8) is 0 Å². The summed E-state index contributed by atoms with van der Waals surface area (Å²) in [6.07, 6.45) is 6.99. The second-order valence-corrected chi connectivity index (χ2v) is 4.83. The quantitative estimate of drug-likeness (QED) is 0.640. The van der Waals surface area contributed by atoms with Crippen LogP contribution in [0.5, 0.6) is 6.01 Å². The molecule has 19 heavy (non-hydrogen) atoms. The first kappa shape index (κ1) is 13.7. The van der Waals surface area contributed by atoms with Gasteiger partial charge in [-0.2, -0.15) is 9.97 Å². The van der Waals surface area contributed by atoms with Gasteiger partial charge >= 0.3 is 11.7 Å². The van der Waals surface area contributed by atoms with Gasteiger partial charge in [-0.15, -0.1) is 0 Å². The minimum atomic E-state index is -0.532. The van der Waals surface area contributed by atoms with Crippen LogP contribution >= 0.6 is 0 Å². The van der Waals surface area contributed by atoms with Gasteiger partial charge in [0.15, 0.2) is 0 Å². The molecule has 0 aromatic carbocycles. The first-order valence-electron chi connectivity index (χ1n) is 6.50. The van der Waals surface area contributed by atoms with Crippen molar-refractivity contribution in [1.82, 2.24) is 9.97 Å². The largest absolute Gasteiger partial charge is 0.463 e. The highest BCUT2D eigenvalue weighted by molar-refractivity contribution is 5.21. The molecule has 1 saturated carbocycles. The minimum Gasteiger partial charge on any atom is -0.463 e. The molecule has 1 heterocycles. The summed E-state index contributed by atoms with van der Waals surface area (Å²) >= 11 is 0. The van der Waals surface area contributed by atoms with Gasteiger partial charge in [-0.05, 0) is 31.2 Å². The minimum absolute atomic E-state index is 0.134. The maximum absolute atomic E-state index is 10.5. The summed E-state index contributed by atoms with van der Waals surface area (Å²) in [7, 11) is 0. The number of hydrogen-bond donors (Lipinski definition) is 1. The molecule has 1 aromatic heterocycles. The van der Waals surface area contributed by atoms with E-state index in [0.29, 0.717) is 25.0 Å². The summed E-state index contributed by atoms with van der Waals surface area (Å²) in [6, 6.07) is 0.187. The third-order valence-corrected chi connectivity index (χ3v) is 3.62. The summed E-state index contributed by atoms with van der Waals surface area (Å²) in [5, 5.41) is 10.5. The maximum Gasteiger partial charge on any atom is 0.316 e. The van der Waals surface area contributed by atoms with E-state index in [2.05, 4.69) is 9.97 Å². The summed E-state index contributed by atoms with van der Waals surface area (Å²) in [5.41, 5.74) is 5.62. The SMILES string of the molecule is NCC1CCCCC1COc1ncc([N+](=O)[O-])cn1. The molecule has 0 spiro atoms. The molecule has 1 fully saturated rings. The van der Waals surface area contributed by atoms with Gasteiger partial charge < -0.3 is 10.5 Å². The van der Waals surface area contributed by atoms with Crippen LogP contribution in [-0.2, 0) is 0 Å². The van der Waals surface area contributed by atoms with Crippen LogP contribution in [-0.4, -0.2) is 28.0 Å². The Labute approximate surface area is 111 Å². The number of hydrogen-bond acceptors (Lipinski definition) is 6. The average molecular weight is 266 g/mol. The summed E-state index contributed by atoms with van der Waals surface area (Å²) in [6.45, 7) is 1.20. The fraction of sp³-hybridized carbons (Fsp3) is 0.667. The maximum atomic E-state index is 10.5. The van der Waals surface area contributed by atoms with E-state index in [0.717, 1.165) is 25.2 Å². The van der Waals surface area contributed by atoms with Gasteiger partial charge in [0.05, 0.1) is 11.5 Å². The first-order chi connectivity index (χ1) is 9.20. The highest BCUT2D eigenvalue weighted by atomic mass is 16.6. The van der Waals surface area contributed by atoms with Crippen molar-refractivity contribution in [2.24, 2.45) is 17.6 Å². The van der Waals surface area contributed by atoms with Crippen molar-refractivity contribution in [1.29, 1.82) is 0 Å². The lowest BCUT2D eigenvalue weighted by molar-refractivity contribution is -0.385. The third-order valence-electron chi connectivity index (χ3n) is 3.62. The molecule has 2 N–H and O–H groups in total. The van der Waals surface area contributed by atoms with Gasteiger partial charge in [-0.1, -0.05) is 12.8 Å². The Morgan fingerprint density at radius 3 is 2.53 bits per heavy atom. The number of nitrogens with zero attached hydrogens (tertiary/aromatic N) is 3. The number of aromatic nitrogens is 2. The van der Waals surface area contributed by atoms with E-state index < -0.39 is 4.92 Å². The molecule has 0 saturated heterocycles. The number of rotatable bonds is 5. The van der Waals surface area contributed by atoms with Crippen molar-refractivity contribution in [2.75, 3.05) is 13.2 Å². The third kappa shape index (κ3) is 3.60. The molecule has 2 unspecified atom stereocenters. The van der Waals surface area contributed by atoms with Crippen LogP contribution in [0.4, 0.5) is 5.69 Å². The highest BCUT2D eigenvalue weighted by Gasteiger charge is 2.24. The van der Waals surface area contributed by atoms with E-state index in [4.69, 9.17) is 10.5 Å². The molecule has 0 bridgehead atoms. The fourth-order valence-corrected chi connectivity index (χ4v) is 2.47. The van der Waals surface area contributed by atoms with E-state index in [9.17, 15) is 10.1 Å². The van der Waals surface area contributed by atoms with Crippen LogP contribution in [0.1, 0.15) is 25.7 Å². The molecule has 1 aliphatic rings. The van der Waals surface area contributed by atoms with Gasteiger partial charge in [-0.3, -0.25) is 10.1 Å². The van der Waals surface area contributed by atoms with E-state index in [1.807, 2.05) is 0 Å². The first-order valence-corrected chi connectivity index (χ1v) is 6.50. The lowest BCUT2D eigenvalue weighted by atomic mass is 9.80. The molecule has 2 rings (SSSR count). The molecule has 1 aliphatic carbocycles. The monoisotopic (exact) mass is 266 g/mol. The Kier molecular flexibility index (Phi) is 4.62. The fourth-order valence-electron chi connectivity index (χ4n) is 2.47. The Bertz CT molecular complexity index is 423. The topological polar surface area (TPSA) is 104 Å². The van der Waals surface area contributed by atoms with Crippen molar-refractivity contribution >= 4 is 5.69 Å². The Morgan fingerprint density at radius 2 is 1.95 bits per heavy atom. The second-order valence-electron chi connectivity index (χ2n) is 4.83. The summed E-state index contributed by atoms with van der Waals surface area (Å²) in [4.78, 5) is 17.6. The van der Waals surface area contributed by atoms with Crippen LogP contribution in [0.2, 0.25) is 0 Å². The predicted octanol–water partition coefficient (Wildman–Crippen LogP) is 1.53. The molecule has 0 aliphatic heterocycles. The van der Waals surface area contributed by atoms with Crippen LogP contribution in [0.25, 0.3) is 0 Å². The van der Waals surface area contributed by atoms with Gasteiger partial charge in [0.2, 0.25) is 0 Å². The summed E-state index contributed by atoms with van der Waals surface area (Å²) < 4.78 is 5.51. The molecule has 0 amide bonds. The Morgan fingerprint density at radius 1 is 1.32 bits per heavy atom. The van der Waals surface area contributed by atoms with E-state index in [1.54, 1.807) is 0 Å². The zero-order valence-corrected chi connectivity index (χ0v) is 10.7. The van der Waals surface area contributed by atoms with Crippen LogP contribution < -0.4 is 10.5 Å². The van der Waals surface area contributed by atoms with Crippen LogP contribution in [0, 0.1) is 22.0 Å². The van der Waals surface area contributed by atoms with Crippen molar-refractivity contribution in [3.8, 4) is 6.01 Å². The molecule has 2 atom stereocenters. The predicted molar refractivity (Wildman–Crippen MR) is 68.7 cm³/mol. The standard InChI is InChI=1S/C12H18N4O3/c13-5-9-3-1-2-4-10(9)8-19-12-14-6-11(7-15-12)16(17)18/h6-7,9-10H,1-5,8,13H2. The summed E-state index contributed by atoms with van der Waals surface area (Å²) in [5.74, 6) is 0.921. The molecule has 7 nitrogen and oxygen atoms in total. The van der Waals surface area contributed by atoms with Crippen molar-refractivity contribution in [2.45, 2.75) is 25.7 Å². The van der Waals surface area contributed by atoms with Gasteiger partial charge in [-0.25, -0.2) is 0 Å². The molecule has 7 heteroatoms. The van der Waals surface area contributed by atoms with Crippen molar-refractivity contribution in [3.05, 3.63) is 22.5 Å².